The van der Waals surface area contributed by atoms with E-state index in [2.05, 4.69) is 44.2 Å². The molecule has 0 amide bonds. The van der Waals surface area contributed by atoms with Crippen molar-refractivity contribution in [3.63, 3.8) is 0 Å². The molecule has 0 heterocycles. The van der Waals surface area contributed by atoms with Crippen molar-refractivity contribution in [3.05, 3.63) is 41.5 Å². The van der Waals surface area contributed by atoms with Gasteiger partial charge in [-0.25, -0.2) is 0 Å². The molecule has 0 saturated heterocycles. The van der Waals surface area contributed by atoms with Crippen molar-refractivity contribution in [2.24, 2.45) is 0 Å². The smallest absolute Gasteiger partial charge is 0.120 e. The number of hydrogen-bond donors (Lipinski definition) is 0. The molecule has 0 aromatic heterocycles. The maximum Gasteiger partial charge on any atom is 0.120 e. The van der Waals surface area contributed by atoms with Crippen molar-refractivity contribution in [3.8, 4) is 0 Å². The van der Waals surface area contributed by atoms with Crippen molar-refractivity contribution < 1.29 is 4.79 Å². The van der Waals surface area contributed by atoms with Gasteiger partial charge < -0.3 is 4.79 Å². The fraction of sp³-hybridized carbons (Fsp3) is 0.308. The number of carbonyl (C=O) groups is 1. The molecule has 0 N–H and O–H groups in total. The van der Waals surface area contributed by atoms with Gasteiger partial charge in [0.1, 0.15) is 6.29 Å². The first-order valence-corrected chi connectivity index (χ1v) is 4.91. The first-order valence-electron chi connectivity index (χ1n) is 4.91. The van der Waals surface area contributed by atoms with Gasteiger partial charge in [-0.15, -0.1) is 0 Å². The van der Waals surface area contributed by atoms with Crippen LogP contribution in [0.4, 0.5) is 0 Å². The summed E-state index contributed by atoms with van der Waals surface area (Å²) in [6, 6.07) is 8.43. The summed E-state index contributed by atoms with van der Waals surface area (Å²) >= 11 is 0. The molecule has 0 aliphatic heterocycles. The zero-order chi connectivity index (χ0) is 10.4. The number of hydrogen-bond acceptors (Lipinski definition) is 1. The summed E-state index contributed by atoms with van der Waals surface area (Å²) in [6.07, 6.45) is 4.52. The molecule has 14 heavy (non-hydrogen) atoms. The summed E-state index contributed by atoms with van der Waals surface area (Å²) in [5.41, 5.74) is 3.75. The standard InChI is InChI=1S/C13H16O/c1-11-6-8-13(9-7-11)12(2)5-3-4-10-14/h5-10H,3-4H2,1-2H3/b12-5+. The molecule has 0 aliphatic rings. The zero-order valence-electron chi connectivity index (χ0n) is 8.79. The van der Waals surface area contributed by atoms with Gasteiger partial charge >= 0.3 is 0 Å². The Morgan fingerprint density at radius 2 is 1.86 bits per heavy atom. The van der Waals surface area contributed by atoms with Crippen LogP contribution in [0.1, 0.15) is 30.9 Å². The lowest BCUT2D eigenvalue weighted by molar-refractivity contribution is -0.107. The lowest BCUT2D eigenvalue weighted by atomic mass is 10.0. The Morgan fingerprint density at radius 3 is 2.43 bits per heavy atom. The molecular formula is C13H16O. The number of carbonyl (C=O) groups excluding carboxylic acids is 1. The average molecular weight is 188 g/mol. The summed E-state index contributed by atoms with van der Waals surface area (Å²) < 4.78 is 0. The normalized spacial score (nSPS) is 11.4. The molecule has 0 radical (unpaired) electrons. The maximum atomic E-state index is 10.1. The van der Waals surface area contributed by atoms with Crippen LogP contribution in [-0.2, 0) is 4.79 Å². The molecule has 0 spiro atoms. The van der Waals surface area contributed by atoms with Gasteiger partial charge in [0.2, 0.25) is 0 Å². The van der Waals surface area contributed by atoms with E-state index in [1.165, 1.54) is 16.7 Å². The van der Waals surface area contributed by atoms with Gasteiger partial charge in [-0.1, -0.05) is 35.9 Å². The topological polar surface area (TPSA) is 17.1 Å². The highest BCUT2D eigenvalue weighted by atomic mass is 16.1. The van der Waals surface area contributed by atoms with E-state index < -0.39 is 0 Å². The second-order valence-electron chi connectivity index (χ2n) is 3.50. The molecule has 1 aromatic carbocycles. The molecule has 0 fully saturated rings. The Labute approximate surface area is 85.5 Å². The zero-order valence-corrected chi connectivity index (χ0v) is 8.79. The quantitative estimate of drug-likeness (QED) is 0.523. The van der Waals surface area contributed by atoms with E-state index >= 15 is 0 Å². The highest BCUT2D eigenvalue weighted by Crippen LogP contribution is 2.15. The number of unbranched alkanes of at least 4 members (excludes halogenated alkanes) is 1. The summed E-state index contributed by atoms with van der Waals surface area (Å²) in [5, 5.41) is 0. The van der Waals surface area contributed by atoms with Crippen molar-refractivity contribution in [1.82, 2.24) is 0 Å². The van der Waals surface area contributed by atoms with Crippen LogP contribution in [0, 0.1) is 6.92 Å². The van der Waals surface area contributed by atoms with Crippen molar-refractivity contribution in [2.45, 2.75) is 26.7 Å². The molecule has 1 nitrogen and oxygen atoms in total. The third kappa shape index (κ3) is 3.17. The molecule has 74 valence electrons. The minimum Gasteiger partial charge on any atom is -0.303 e. The van der Waals surface area contributed by atoms with E-state index in [9.17, 15) is 4.79 Å². The molecule has 0 atom stereocenters. The predicted molar refractivity (Wildman–Crippen MR) is 60.1 cm³/mol. The van der Waals surface area contributed by atoms with Crippen LogP contribution in [0.2, 0.25) is 0 Å². The van der Waals surface area contributed by atoms with Gasteiger partial charge in [0.15, 0.2) is 0 Å². The monoisotopic (exact) mass is 188 g/mol. The Balaban J connectivity index is 2.68. The van der Waals surface area contributed by atoms with E-state index in [0.29, 0.717) is 6.42 Å². The first-order chi connectivity index (χ1) is 6.74. The SMILES string of the molecule is C/C(=C\CCC=O)c1ccc(C)cc1. The van der Waals surface area contributed by atoms with E-state index in [4.69, 9.17) is 0 Å². The van der Waals surface area contributed by atoms with Crippen LogP contribution >= 0.6 is 0 Å². The molecule has 1 heteroatoms. The second-order valence-corrected chi connectivity index (χ2v) is 3.50. The summed E-state index contributed by atoms with van der Waals surface area (Å²) in [4.78, 5) is 10.1. The van der Waals surface area contributed by atoms with Gasteiger partial charge in [0.05, 0.1) is 0 Å². The van der Waals surface area contributed by atoms with Gasteiger partial charge in [0.25, 0.3) is 0 Å². The van der Waals surface area contributed by atoms with E-state index in [1.54, 1.807) is 0 Å². The first kappa shape index (κ1) is 10.7. The van der Waals surface area contributed by atoms with Crippen LogP contribution in [0.15, 0.2) is 30.3 Å². The molecule has 0 unspecified atom stereocenters. The van der Waals surface area contributed by atoms with Crippen molar-refractivity contribution in [1.29, 1.82) is 0 Å². The summed E-state index contributed by atoms with van der Waals surface area (Å²) in [5.74, 6) is 0. The van der Waals surface area contributed by atoms with E-state index in [1.807, 2.05) is 0 Å². The molecule has 1 rings (SSSR count). The largest absolute Gasteiger partial charge is 0.303 e. The Morgan fingerprint density at radius 1 is 1.21 bits per heavy atom. The molecule has 1 aromatic rings. The highest BCUT2D eigenvalue weighted by Gasteiger charge is 1.93. The molecule has 0 aliphatic carbocycles. The molecule has 0 bridgehead atoms. The summed E-state index contributed by atoms with van der Waals surface area (Å²) in [6.45, 7) is 4.16. The Kier molecular flexibility index (Phi) is 4.11. The third-order valence-corrected chi connectivity index (χ3v) is 2.24. The lowest BCUT2D eigenvalue weighted by Crippen LogP contribution is -1.81. The minimum atomic E-state index is 0.614. The van der Waals surface area contributed by atoms with Gasteiger partial charge in [-0.05, 0) is 31.4 Å². The second kappa shape index (κ2) is 5.38. The predicted octanol–water partition coefficient (Wildman–Crippen LogP) is 3.38. The van der Waals surface area contributed by atoms with E-state index in [-0.39, 0.29) is 0 Å². The number of allylic oxidation sites excluding steroid dienone is 2. The fourth-order valence-electron chi connectivity index (χ4n) is 1.30. The maximum absolute atomic E-state index is 10.1. The fourth-order valence-corrected chi connectivity index (χ4v) is 1.30. The van der Waals surface area contributed by atoms with E-state index in [0.717, 1.165) is 12.7 Å². The third-order valence-electron chi connectivity index (χ3n) is 2.24. The highest BCUT2D eigenvalue weighted by molar-refractivity contribution is 5.64. The van der Waals surface area contributed by atoms with Crippen LogP contribution in [-0.4, -0.2) is 6.29 Å². The number of aldehydes is 1. The van der Waals surface area contributed by atoms with Gasteiger partial charge in [0, 0.05) is 6.42 Å². The van der Waals surface area contributed by atoms with Crippen LogP contribution in [0.3, 0.4) is 0 Å². The van der Waals surface area contributed by atoms with Crippen molar-refractivity contribution in [2.75, 3.05) is 0 Å². The molecular weight excluding hydrogens is 172 g/mol. The number of benzene rings is 1. The lowest BCUT2D eigenvalue weighted by Gasteiger charge is -2.01. The van der Waals surface area contributed by atoms with Gasteiger partial charge in [-0.2, -0.15) is 0 Å². The number of aryl methyl sites for hydroxylation is 1. The Bertz CT molecular complexity index is 320. The van der Waals surface area contributed by atoms with Crippen LogP contribution < -0.4 is 0 Å². The average Bonchev–Trinajstić information content (AvgIpc) is 2.19. The molecule has 0 saturated carbocycles. The number of rotatable bonds is 4. The van der Waals surface area contributed by atoms with Crippen LogP contribution in [0.25, 0.3) is 5.57 Å². The van der Waals surface area contributed by atoms with Crippen molar-refractivity contribution >= 4 is 11.9 Å². The summed E-state index contributed by atoms with van der Waals surface area (Å²) in [7, 11) is 0. The van der Waals surface area contributed by atoms with Gasteiger partial charge in [-0.3, -0.25) is 0 Å². The Hall–Kier alpha value is -1.37. The minimum absolute atomic E-state index is 0.614. The van der Waals surface area contributed by atoms with Crippen LogP contribution in [0.5, 0.6) is 0 Å².